The Balaban J connectivity index is 3.64. The largest absolute Gasteiger partial charge is 0.333 e. The minimum absolute atomic E-state index is 1.07. The predicted octanol–water partition coefficient (Wildman–Crippen LogP) is 3.65. The van der Waals surface area contributed by atoms with Gasteiger partial charge in [-0.25, -0.2) is 0 Å². The summed E-state index contributed by atoms with van der Waals surface area (Å²) >= 11 is 0. The Morgan fingerprint density at radius 2 is 1.50 bits per heavy atom. The monoisotopic (exact) mass is 195 g/mol. The van der Waals surface area contributed by atoms with Gasteiger partial charge in [0.2, 0.25) is 0 Å². The SMILES string of the molecule is CCCCCC#CN(CCC)CCC. The summed E-state index contributed by atoms with van der Waals surface area (Å²) in [4.78, 5) is 2.26. The van der Waals surface area contributed by atoms with Crippen molar-refractivity contribution in [1.82, 2.24) is 4.90 Å². The Bertz CT molecular complexity index is 158. The van der Waals surface area contributed by atoms with Crippen molar-refractivity contribution in [3.63, 3.8) is 0 Å². The van der Waals surface area contributed by atoms with Crippen LogP contribution in [0.5, 0.6) is 0 Å². The summed E-state index contributed by atoms with van der Waals surface area (Å²) in [5, 5.41) is 0. The van der Waals surface area contributed by atoms with Crippen LogP contribution >= 0.6 is 0 Å². The topological polar surface area (TPSA) is 3.24 Å². The van der Waals surface area contributed by atoms with Crippen LogP contribution in [0.25, 0.3) is 0 Å². The Kier molecular flexibility index (Phi) is 9.96. The number of rotatable bonds is 7. The second kappa shape index (κ2) is 10.4. The van der Waals surface area contributed by atoms with E-state index in [2.05, 4.69) is 37.6 Å². The molecule has 0 rings (SSSR count). The summed E-state index contributed by atoms with van der Waals surface area (Å²) in [6.45, 7) is 8.89. The van der Waals surface area contributed by atoms with Gasteiger partial charge in [-0.1, -0.05) is 39.5 Å². The molecular weight excluding hydrogens is 170 g/mol. The van der Waals surface area contributed by atoms with Gasteiger partial charge >= 0.3 is 0 Å². The zero-order chi connectivity index (χ0) is 10.6. The summed E-state index contributed by atoms with van der Waals surface area (Å²) < 4.78 is 0. The summed E-state index contributed by atoms with van der Waals surface area (Å²) in [5.74, 6) is 3.27. The first-order chi connectivity index (χ1) is 6.85. The van der Waals surface area contributed by atoms with E-state index in [1.54, 1.807) is 0 Å². The third kappa shape index (κ3) is 7.98. The second-order valence-corrected chi connectivity index (χ2v) is 3.73. The molecule has 0 unspecified atom stereocenters. The molecule has 1 nitrogen and oxygen atoms in total. The highest BCUT2D eigenvalue weighted by molar-refractivity contribution is 4.98. The maximum atomic E-state index is 3.27. The van der Waals surface area contributed by atoms with Gasteiger partial charge in [0, 0.05) is 25.6 Å². The van der Waals surface area contributed by atoms with Crippen LogP contribution in [-0.4, -0.2) is 18.0 Å². The third-order valence-electron chi connectivity index (χ3n) is 2.13. The Labute approximate surface area is 89.9 Å². The van der Waals surface area contributed by atoms with Gasteiger partial charge in [0.05, 0.1) is 0 Å². The van der Waals surface area contributed by atoms with Crippen molar-refractivity contribution in [1.29, 1.82) is 0 Å². The van der Waals surface area contributed by atoms with Crippen molar-refractivity contribution in [2.75, 3.05) is 13.1 Å². The highest BCUT2D eigenvalue weighted by atomic mass is 15.1. The molecule has 0 aliphatic rings. The van der Waals surface area contributed by atoms with Gasteiger partial charge in [0.1, 0.15) is 0 Å². The molecule has 0 atom stereocenters. The van der Waals surface area contributed by atoms with Crippen LogP contribution in [-0.2, 0) is 0 Å². The number of hydrogen-bond donors (Lipinski definition) is 0. The normalized spacial score (nSPS) is 9.36. The predicted molar refractivity (Wildman–Crippen MR) is 64.1 cm³/mol. The Morgan fingerprint density at radius 1 is 0.857 bits per heavy atom. The summed E-state index contributed by atoms with van der Waals surface area (Å²) in [7, 11) is 0. The molecule has 0 aromatic carbocycles. The van der Waals surface area contributed by atoms with E-state index in [9.17, 15) is 0 Å². The van der Waals surface area contributed by atoms with Gasteiger partial charge in [-0.2, -0.15) is 0 Å². The van der Waals surface area contributed by atoms with Gasteiger partial charge in [0.15, 0.2) is 0 Å². The molecule has 0 aliphatic heterocycles. The smallest absolute Gasteiger partial charge is 0.0257 e. The highest BCUT2D eigenvalue weighted by Crippen LogP contribution is 1.97. The molecule has 82 valence electrons. The van der Waals surface area contributed by atoms with Crippen LogP contribution in [0.15, 0.2) is 0 Å². The zero-order valence-electron chi connectivity index (χ0n) is 10.1. The van der Waals surface area contributed by atoms with Gasteiger partial charge in [-0.15, -0.1) is 0 Å². The highest BCUT2D eigenvalue weighted by Gasteiger charge is 1.93. The van der Waals surface area contributed by atoms with E-state index >= 15 is 0 Å². The lowest BCUT2D eigenvalue weighted by Crippen LogP contribution is -2.19. The van der Waals surface area contributed by atoms with Crippen LogP contribution in [0.4, 0.5) is 0 Å². The quantitative estimate of drug-likeness (QED) is 0.340. The standard InChI is InChI=1S/C13H25N/c1-4-7-8-9-10-13-14(11-5-2)12-6-3/h4-9,11-12H2,1-3H3. The second-order valence-electron chi connectivity index (χ2n) is 3.73. The van der Waals surface area contributed by atoms with Gasteiger partial charge < -0.3 is 4.90 Å². The lowest BCUT2D eigenvalue weighted by atomic mass is 10.2. The van der Waals surface area contributed by atoms with Crippen molar-refractivity contribution in [3.8, 4) is 12.0 Å². The van der Waals surface area contributed by atoms with Crippen LogP contribution in [0.3, 0.4) is 0 Å². The summed E-state index contributed by atoms with van der Waals surface area (Å²) in [6, 6.07) is 3.26. The third-order valence-corrected chi connectivity index (χ3v) is 2.13. The molecule has 14 heavy (non-hydrogen) atoms. The molecule has 0 spiro atoms. The average molecular weight is 195 g/mol. The molecule has 0 amide bonds. The minimum atomic E-state index is 1.07. The molecule has 0 fully saturated rings. The first kappa shape index (κ1) is 13.4. The zero-order valence-corrected chi connectivity index (χ0v) is 10.1. The molecule has 0 heterocycles. The van der Waals surface area contributed by atoms with Crippen LogP contribution in [0.1, 0.15) is 59.3 Å². The first-order valence-electron chi connectivity index (χ1n) is 6.08. The molecule has 0 aliphatic carbocycles. The van der Waals surface area contributed by atoms with Crippen molar-refractivity contribution >= 4 is 0 Å². The van der Waals surface area contributed by atoms with Crippen LogP contribution in [0, 0.1) is 12.0 Å². The van der Waals surface area contributed by atoms with E-state index in [0.717, 1.165) is 19.5 Å². The fourth-order valence-electron chi connectivity index (χ4n) is 1.39. The maximum absolute atomic E-state index is 3.27. The average Bonchev–Trinajstić information content (AvgIpc) is 2.18. The lowest BCUT2D eigenvalue weighted by Gasteiger charge is -2.14. The molecule has 0 saturated heterocycles. The van der Waals surface area contributed by atoms with Crippen molar-refractivity contribution in [2.24, 2.45) is 0 Å². The van der Waals surface area contributed by atoms with Crippen molar-refractivity contribution in [3.05, 3.63) is 0 Å². The van der Waals surface area contributed by atoms with Gasteiger partial charge in [-0.3, -0.25) is 0 Å². The van der Waals surface area contributed by atoms with E-state index in [-0.39, 0.29) is 0 Å². The number of unbranched alkanes of at least 4 members (excludes halogenated alkanes) is 3. The summed E-state index contributed by atoms with van der Waals surface area (Å²) in [5.41, 5.74) is 0. The van der Waals surface area contributed by atoms with E-state index in [4.69, 9.17) is 0 Å². The number of hydrogen-bond acceptors (Lipinski definition) is 1. The maximum Gasteiger partial charge on any atom is 0.0257 e. The Hall–Kier alpha value is -0.640. The van der Waals surface area contributed by atoms with E-state index in [0.29, 0.717) is 0 Å². The van der Waals surface area contributed by atoms with E-state index in [1.807, 2.05) is 0 Å². The van der Waals surface area contributed by atoms with Crippen LogP contribution in [0.2, 0.25) is 0 Å². The molecule has 0 bridgehead atoms. The molecule has 0 aromatic heterocycles. The van der Waals surface area contributed by atoms with Gasteiger partial charge in [0.25, 0.3) is 0 Å². The molecule has 0 radical (unpaired) electrons. The van der Waals surface area contributed by atoms with E-state index in [1.165, 1.54) is 32.1 Å². The molecule has 0 aromatic rings. The molecule has 0 saturated carbocycles. The van der Waals surface area contributed by atoms with Crippen molar-refractivity contribution < 1.29 is 0 Å². The molecule has 0 N–H and O–H groups in total. The fourth-order valence-corrected chi connectivity index (χ4v) is 1.39. The Morgan fingerprint density at radius 3 is 2.00 bits per heavy atom. The van der Waals surface area contributed by atoms with E-state index < -0.39 is 0 Å². The minimum Gasteiger partial charge on any atom is -0.333 e. The first-order valence-corrected chi connectivity index (χ1v) is 6.08. The summed E-state index contributed by atoms with van der Waals surface area (Å²) in [6.07, 6.45) is 7.33. The van der Waals surface area contributed by atoms with Crippen molar-refractivity contribution in [2.45, 2.75) is 59.3 Å². The molecular formula is C13H25N. The lowest BCUT2D eigenvalue weighted by molar-refractivity contribution is 0.397. The van der Waals surface area contributed by atoms with Crippen LogP contribution < -0.4 is 0 Å². The number of nitrogens with zero attached hydrogens (tertiary/aromatic N) is 1. The fraction of sp³-hybridized carbons (Fsp3) is 0.846. The molecule has 1 heteroatoms. The van der Waals surface area contributed by atoms with Gasteiger partial charge in [-0.05, 0) is 19.3 Å².